The lowest BCUT2D eigenvalue weighted by Crippen LogP contribution is -2.40. The van der Waals surface area contributed by atoms with Crippen LogP contribution in [-0.4, -0.2) is 41.6 Å². The molecule has 7 heteroatoms. The van der Waals surface area contributed by atoms with Gasteiger partial charge in [-0.3, -0.25) is 9.59 Å². The Labute approximate surface area is 365 Å². The lowest BCUT2D eigenvalue weighted by Gasteiger charge is -2.18. The fraction of sp³-hybridized carbons (Fsp3) is 0.865. The van der Waals surface area contributed by atoms with Crippen molar-refractivity contribution >= 4 is 17.8 Å². The van der Waals surface area contributed by atoms with Gasteiger partial charge in [-0.2, -0.15) is 0 Å². The molecule has 0 bridgehead atoms. The zero-order chi connectivity index (χ0) is 43.1. The predicted octanol–water partition coefficient (Wildman–Crippen LogP) is 15.2. The first-order valence-electron chi connectivity index (χ1n) is 25.7. The second-order valence-corrected chi connectivity index (χ2v) is 17.6. The highest BCUT2D eigenvalue weighted by atomic mass is 16.5. The standard InChI is InChI=1S/C52H98N2O5/c1-3-5-7-9-11-13-15-17-19-20-21-23-25-27-29-31-36-40-46-51(56)59-48(42-37-33-30-28-26-24-22-18-16-14-12-10-8-6-4-2)43-38-34-32-35-39-45-50(55)54-49(52(57)58)44-41-47-53/h16,18,24,26,48-49H,3-15,17,19-23,25,27-47,53H2,1-2H3,(H,54,55)(H,57,58)/b18-16-,26-24-. The second-order valence-electron chi connectivity index (χ2n) is 17.6. The van der Waals surface area contributed by atoms with E-state index in [-0.39, 0.29) is 18.0 Å². The number of carbonyl (C=O) groups excluding carboxylic acids is 2. The van der Waals surface area contributed by atoms with Gasteiger partial charge in [0, 0.05) is 12.8 Å². The Bertz CT molecular complexity index is 982. The lowest BCUT2D eigenvalue weighted by molar-refractivity contribution is -0.150. The molecule has 7 nitrogen and oxygen atoms in total. The first kappa shape index (κ1) is 56.9. The summed E-state index contributed by atoms with van der Waals surface area (Å²) in [4.78, 5) is 36.5. The van der Waals surface area contributed by atoms with Crippen molar-refractivity contribution in [2.45, 2.75) is 283 Å². The largest absolute Gasteiger partial charge is 0.480 e. The molecule has 0 aromatic rings. The third kappa shape index (κ3) is 43.7. The molecule has 0 aliphatic heterocycles. The molecule has 59 heavy (non-hydrogen) atoms. The number of esters is 1. The number of nitrogens with two attached hydrogens (primary N) is 1. The SMILES string of the molecule is CCCCCCC/C=C\C/C=C\CCCCCC(CCCCCCCC(=O)NC(CCCN)C(=O)O)OC(=O)CCCCCCCCCCCCCCCCCCCC. The van der Waals surface area contributed by atoms with Gasteiger partial charge in [0.1, 0.15) is 12.1 Å². The third-order valence-electron chi connectivity index (χ3n) is 11.8. The summed E-state index contributed by atoms with van der Waals surface area (Å²) in [7, 11) is 0. The van der Waals surface area contributed by atoms with Crippen LogP contribution in [0, 0.1) is 0 Å². The number of hydrogen-bond acceptors (Lipinski definition) is 5. The fourth-order valence-corrected chi connectivity index (χ4v) is 7.90. The van der Waals surface area contributed by atoms with Gasteiger partial charge >= 0.3 is 11.9 Å². The molecule has 0 spiro atoms. The van der Waals surface area contributed by atoms with E-state index in [1.165, 1.54) is 148 Å². The highest BCUT2D eigenvalue weighted by molar-refractivity contribution is 5.83. The Morgan fingerprint density at radius 3 is 1.32 bits per heavy atom. The maximum Gasteiger partial charge on any atom is 0.326 e. The number of carbonyl (C=O) groups is 3. The minimum Gasteiger partial charge on any atom is -0.480 e. The van der Waals surface area contributed by atoms with E-state index >= 15 is 0 Å². The average molecular weight is 831 g/mol. The van der Waals surface area contributed by atoms with Crippen LogP contribution in [0.1, 0.15) is 271 Å². The van der Waals surface area contributed by atoms with E-state index in [0.717, 1.165) is 83.5 Å². The number of amides is 1. The van der Waals surface area contributed by atoms with Crippen LogP contribution in [-0.2, 0) is 19.1 Å². The van der Waals surface area contributed by atoms with Crippen molar-refractivity contribution in [3.63, 3.8) is 0 Å². The molecule has 0 aromatic carbocycles. The van der Waals surface area contributed by atoms with Crippen molar-refractivity contribution < 1.29 is 24.2 Å². The first-order chi connectivity index (χ1) is 28.9. The van der Waals surface area contributed by atoms with Crippen LogP contribution in [0.25, 0.3) is 0 Å². The van der Waals surface area contributed by atoms with E-state index in [1.807, 2.05) is 0 Å². The van der Waals surface area contributed by atoms with Crippen molar-refractivity contribution in [1.82, 2.24) is 5.32 Å². The van der Waals surface area contributed by atoms with Gasteiger partial charge in [0.15, 0.2) is 0 Å². The molecule has 0 aromatic heterocycles. The Morgan fingerprint density at radius 1 is 0.492 bits per heavy atom. The van der Waals surface area contributed by atoms with E-state index in [2.05, 4.69) is 43.5 Å². The van der Waals surface area contributed by atoms with Crippen LogP contribution in [0.5, 0.6) is 0 Å². The van der Waals surface area contributed by atoms with E-state index in [4.69, 9.17) is 10.5 Å². The summed E-state index contributed by atoms with van der Waals surface area (Å²) in [5.74, 6) is -1.23. The summed E-state index contributed by atoms with van der Waals surface area (Å²) in [6, 6.07) is -0.858. The highest BCUT2D eigenvalue weighted by Gasteiger charge is 2.19. The number of allylic oxidation sites excluding steroid dienone is 4. The number of carboxylic acid groups (broad SMARTS) is 1. The average Bonchev–Trinajstić information content (AvgIpc) is 3.22. The minimum absolute atomic E-state index is 0.00653. The maximum atomic E-state index is 12.9. The van der Waals surface area contributed by atoms with Crippen LogP contribution >= 0.6 is 0 Å². The molecule has 0 aliphatic rings. The third-order valence-corrected chi connectivity index (χ3v) is 11.8. The second kappa shape index (κ2) is 46.9. The normalized spacial score (nSPS) is 12.7. The number of nitrogens with one attached hydrogen (secondary N) is 1. The molecule has 0 aliphatic carbocycles. The summed E-state index contributed by atoms with van der Waals surface area (Å²) in [5, 5.41) is 12.0. The van der Waals surface area contributed by atoms with Gasteiger partial charge in [-0.15, -0.1) is 0 Å². The topological polar surface area (TPSA) is 119 Å². The van der Waals surface area contributed by atoms with Crippen LogP contribution in [0.2, 0.25) is 0 Å². The van der Waals surface area contributed by atoms with Gasteiger partial charge in [0.25, 0.3) is 0 Å². The number of carboxylic acids is 1. The van der Waals surface area contributed by atoms with Gasteiger partial charge < -0.3 is 20.9 Å². The van der Waals surface area contributed by atoms with E-state index in [0.29, 0.717) is 32.2 Å². The van der Waals surface area contributed by atoms with Crippen LogP contribution in [0.3, 0.4) is 0 Å². The number of ether oxygens (including phenoxy) is 1. The van der Waals surface area contributed by atoms with Crippen LogP contribution in [0.4, 0.5) is 0 Å². The van der Waals surface area contributed by atoms with Crippen molar-refractivity contribution in [1.29, 1.82) is 0 Å². The number of rotatable bonds is 47. The Kier molecular flexibility index (Phi) is 45.2. The molecule has 0 saturated carbocycles. The molecular weight excluding hydrogens is 733 g/mol. The molecule has 2 atom stereocenters. The summed E-state index contributed by atoms with van der Waals surface area (Å²) in [6.45, 7) is 4.96. The molecule has 0 radical (unpaired) electrons. The van der Waals surface area contributed by atoms with Crippen molar-refractivity contribution in [3.05, 3.63) is 24.3 Å². The molecule has 4 N–H and O–H groups in total. The lowest BCUT2D eigenvalue weighted by atomic mass is 10.0. The molecule has 0 rings (SSSR count). The fourth-order valence-electron chi connectivity index (χ4n) is 7.90. The monoisotopic (exact) mass is 831 g/mol. The summed E-state index contributed by atoms with van der Waals surface area (Å²) in [5.41, 5.74) is 5.50. The van der Waals surface area contributed by atoms with Gasteiger partial charge in [-0.25, -0.2) is 4.79 Å². The Morgan fingerprint density at radius 2 is 0.881 bits per heavy atom. The van der Waals surface area contributed by atoms with Gasteiger partial charge in [0.05, 0.1) is 0 Å². The molecule has 0 saturated heterocycles. The zero-order valence-corrected chi connectivity index (χ0v) is 39.1. The van der Waals surface area contributed by atoms with Crippen molar-refractivity contribution in [2.24, 2.45) is 5.73 Å². The van der Waals surface area contributed by atoms with Crippen LogP contribution < -0.4 is 11.1 Å². The van der Waals surface area contributed by atoms with E-state index in [9.17, 15) is 19.5 Å². The van der Waals surface area contributed by atoms with E-state index < -0.39 is 12.0 Å². The molecule has 0 fully saturated rings. The number of aliphatic carboxylic acids is 1. The number of unbranched alkanes of at least 4 members (excludes halogenated alkanes) is 29. The van der Waals surface area contributed by atoms with E-state index in [1.54, 1.807) is 0 Å². The molecule has 1 amide bonds. The summed E-state index contributed by atoms with van der Waals surface area (Å²) < 4.78 is 6.08. The van der Waals surface area contributed by atoms with Crippen molar-refractivity contribution in [3.8, 4) is 0 Å². The highest BCUT2D eigenvalue weighted by Crippen LogP contribution is 2.19. The maximum absolute atomic E-state index is 12.9. The zero-order valence-electron chi connectivity index (χ0n) is 39.1. The predicted molar refractivity (Wildman–Crippen MR) is 253 cm³/mol. The minimum atomic E-state index is -1.00. The molecule has 346 valence electrons. The summed E-state index contributed by atoms with van der Waals surface area (Å²) >= 11 is 0. The first-order valence-corrected chi connectivity index (χ1v) is 25.7. The van der Waals surface area contributed by atoms with Gasteiger partial charge in [-0.05, 0) is 90.0 Å². The molecular formula is C52H98N2O5. The van der Waals surface area contributed by atoms with Gasteiger partial charge in [-0.1, -0.05) is 199 Å². The van der Waals surface area contributed by atoms with Crippen LogP contribution in [0.15, 0.2) is 24.3 Å². The molecule has 0 heterocycles. The van der Waals surface area contributed by atoms with Crippen molar-refractivity contribution in [2.75, 3.05) is 6.54 Å². The Hall–Kier alpha value is -2.15. The van der Waals surface area contributed by atoms with Gasteiger partial charge in [0.2, 0.25) is 5.91 Å². The molecule has 2 unspecified atom stereocenters. The quantitative estimate of drug-likeness (QED) is 0.0319. The summed E-state index contributed by atoms with van der Waals surface area (Å²) in [6.07, 6.45) is 55.2. The smallest absolute Gasteiger partial charge is 0.326 e. The number of hydrogen-bond donors (Lipinski definition) is 3. The Balaban J connectivity index is 4.30.